The number of rotatable bonds is 5. The van der Waals surface area contributed by atoms with Crippen LogP contribution in [-0.2, 0) is 30.9 Å². The average Bonchev–Trinajstić information content (AvgIpc) is 2.56. The standard InChI is InChI=1S/C19H23NO3/c1-22-13-17-9-16-12-20(7-6-15(16)10-19(17)21)11-14-4-3-5-18(8-14)23-2/h3-5,8-10,21H,6-7,11-13H2,1-2H3. The molecule has 0 saturated heterocycles. The number of ether oxygens (including phenoxy) is 2. The highest BCUT2D eigenvalue weighted by Crippen LogP contribution is 2.28. The molecule has 3 rings (SSSR count). The third-order valence-electron chi connectivity index (χ3n) is 4.33. The minimum Gasteiger partial charge on any atom is -0.508 e. The Hall–Kier alpha value is -2.04. The molecule has 0 spiro atoms. The van der Waals surface area contributed by atoms with Gasteiger partial charge in [-0.2, -0.15) is 0 Å². The molecule has 4 nitrogen and oxygen atoms in total. The lowest BCUT2D eigenvalue weighted by Gasteiger charge is -2.29. The van der Waals surface area contributed by atoms with Gasteiger partial charge < -0.3 is 14.6 Å². The largest absolute Gasteiger partial charge is 0.508 e. The van der Waals surface area contributed by atoms with Gasteiger partial charge in [-0.3, -0.25) is 4.90 Å². The Balaban J connectivity index is 1.75. The fourth-order valence-electron chi connectivity index (χ4n) is 3.14. The maximum absolute atomic E-state index is 10.0. The first-order chi connectivity index (χ1) is 11.2. The van der Waals surface area contributed by atoms with Crippen LogP contribution in [-0.4, -0.2) is 30.8 Å². The molecule has 0 amide bonds. The van der Waals surface area contributed by atoms with Crippen molar-refractivity contribution in [2.45, 2.75) is 26.1 Å². The molecule has 4 heteroatoms. The number of hydrogen-bond donors (Lipinski definition) is 1. The lowest BCUT2D eigenvalue weighted by Crippen LogP contribution is -2.30. The zero-order valence-corrected chi connectivity index (χ0v) is 13.7. The second kappa shape index (κ2) is 7.02. The monoisotopic (exact) mass is 313 g/mol. The first kappa shape index (κ1) is 15.8. The summed E-state index contributed by atoms with van der Waals surface area (Å²) in [5.41, 5.74) is 4.63. The zero-order chi connectivity index (χ0) is 16.2. The Morgan fingerprint density at radius 2 is 2.00 bits per heavy atom. The van der Waals surface area contributed by atoms with Crippen LogP contribution in [0.25, 0.3) is 0 Å². The summed E-state index contributed by atoms with van der Waals surface area (Å²) >= 11 is 0. The Morgan fingerprint density at radius 1 is 1.13 bits per heavy atom. The van der Waals surface area contributed by atoms with E-state index in [0.29, 0.717) is 12.4 Å². The van der Waals surface area contributed by atoms with Gasteiger partial charge in [-0.05, 0) is 47.4 Å². The summed E-state index contributed by atoms with van der Waals surface area (Å²) in [7, 11) is 3.34. The van der Waals surface area contributed by atoms with Crippen molar-refractivity contribution < 1.29 is 14.6 Å². The van der Waals surface area contributed by atoms with Gasteiger partial charge in [-0.15, -0.1) is 0 Å². The van der Waals surface area contributed by atoms with E-state index in [1.165, 1.54) is 16.7 Å². The summed E-state index contributed by atoms with van der Waals surface area (Å²) in [5.74, 6) is 1.24. The van der Waals surface area contributed by atoms with Crippen LogP contribution in [0.1, 0.15) is 22.3 Å². The quantitative estimate of drug-likeness (QED) is 0.921. The normalized spacial score (nSPS) is 14.5. The van der Waals surface area contributed by atoms with Crippen LogP contribution >= 0.6 is 0 Å². The van der Waals surface area contributed by atoms with Gasteiger partial charge in [0, 0.05) is 32.3 Å². The highest BCUT2D eigenvalue weighted by atomic mass is 16.5. The molecule has 1 heterocycles. The lowest BCUT2D eigenvalue weighted by atomic mass is 9.96. The summed E-state index contributed by atoms with van der Waals surface area (Å²) in [5, 5.41) is 10.0. The highest BCUT2D eigenvalue weighted by molar-refractivity contribution is 5.43. The zero-order valence-electron chi connectivity index (χ0n) is 13.7. The predicted octanol–water partition coefficient (Wildman–Crippen LogP) is 3.11. The minimum absolute atomic E-state index is 0.340. The molecular weight excluding hydrogens is 290 g/mol. The van der Waals surface area contributed by atoms with Crippen LogP contribution in [0, 0.1) is 0 Å². The van der Waals surface area contributed by atoms with Crippen molar-refractivity contribution in [3.05, 3.63) is 58.7 Å². The van der Waals surface area contributed by atoms with Crippen molar-refractivity contribution in [3.8, 4) is 11.5 Å². The second-order valence-electron chi connectivity index (χ2n) is 5.99. The van der Waals surface area contributed by atoms with E-state index < -0.39 is 0 Å². The minimum atomic E-state index is 0.340. The van der Waals surface area contributed by atoms with Crippen molar-refractivity contribution in [1.29, 1.82) is 0 Å². The third kappa shape index (κ3) is 3.66. The van der Waals surface area contributed by atoms with Crippen molar-refractivity contribution >= 4 is 0 Å². The Bertz CT molecular complexity index is 684. The molecule has 2 aromatic rings. The number of phenolic OH excluding ortho intramolecular Hbond substituents is 1. The van der Waals surface area contributed by atoms with Gasteiger partial charge in [0.15, 0.2) is 0 Å². The molecule has 1 aliphatic heterocycles. The Kier molecular flexibility index (Phi) is 4.84. The second-order valence-corrected chi connectivity index (χ2v) is 5.99. The van der Waals surface area contributed by atoms with E-state index in [0.717, 1.165) is 37.4 Å². The molecule has 0 aromatic heterocycles. The lowest BCUT2D eigenvalue weighted by molar-refractivity contribution is 0.181. The molecule has 23 heavy (non-hydrogen) atoms. The maximum atomic E-state index is 10.0. The molecule has 0 saturated carbocycles. The smallest absolute Gasteiger partial charge is 0.121 e. The van der Waals surface area contributed by atoms with E-state index in [-0.39, 0.29) is 0 Å². The van der Waals surface area contributed by atoms with E-state index in [4.69, 9.17) is 9.47 Å². The molecule has 0 aliphatic carbocycles. The summed E-state index contributed by atoms with van der Waals surface area (Å²) in [4.78, 5) is 2.42. The number of nitrogens with zero attached hydrogens (tertiary/aromatic N) is 1. The SMILES string of the molecule is COCc1cc2c(cc1O)CCN(Cc1cccc(OC)c1)C2. The molecule has 0 unspecified atom stereocenters. The Morgan fingerprint density at radius 3 is 2.78 bits per heavy atom. The molecule has 2 aromatic carbocycles. The van der Waals surface area contributed by atoms with Gasteiger partial charge >= 0.3 is 0 Å². The topological polar surface area (TPSA) is 41.9 Å². The number of methoxy groups -OCH3 is 2. The maximum Gasteiger partial charge on any atom is 0.121 e. The summed E-state index contributed by atoms with van der Waals surface area (Å²) in [6, 6.07) is 12.2. The molecule has 0 atom stereocenters. The van der Waals surface area contributed by atoms with Crippen molar-refractivity contribution in [2.75, 3.05) is 20.8 Å². The van der Waals surface area contributed by atoms with Crippen LogP contribution < -0.4 is 4.74 Å². The fourth-order valence-corrected chi connectivity index (χ4v) is 3.14. The molecule has 0 bridgehead atoms. The molecule has 1 N–H and O–H groups in total. The van der Waals surface area contributed by atoms with Crippen LogP contribution in [0.2, 0.25) is 0 Å². The summed E-state index contributed by atoms with van der Waals surface area (Å²) in [6.07, 6.45) is 0.958. The van der Waals surface area contributed by atoms with Crippen molar-refractivity contribution in [2.24, 2.45) is 0 Å². The number of benzene rings is 2. The first-order valence-corrected chi connectivity index (χ1v) is 7.87. The van der Waals surface area contributed by atoms with Crippen LogP contribution in [0.15, 0.2) is 36.4 Å². The van der Waals surface area contributed by atoms with E-state index in [1.54, 1.807) is 14.2 Å². The van der Waals surface area contributed by atoms with E-state index >= 15 is 0 Å². The van der Waals surface area contributed by atoms with E-state index in [9.17, 15) is 5.11 Å². The summed E-state index contributed by atoms with van der Waals surface area (Å²) in [6.45, 7) is 3.23. The fraction of sp³-hybridized carbons (Fsp3) is 0.368. The van der Waals surface area contributed by atoms with Crippen LogP contribution in [0.4, 0.5) is 0 Å². The molecule has 122 valence electrons. The summed E-state index contributed by atoms with van der Waals surface area (Å²) < 4.78 is 10.5. The predicted molar refractivity (Wildman–Crippen MR) is 89.6 cm³/mol. The Labute approximate surface area is 137 Å². The molecule has 1 aliphatic rings. The molecule has 0 fully saturated rings. The number of hydrogen-bond acceptors (Lipinski definition) is 4. The highest BCUT2D eigenvalue weighted by Gasteiger charge is 2.18. The molecular formula is C19H23NO3. The number of phenols is 1. The van der Waals surface area contributed by atoms with Crippen molar-refractivity contribution in [3.63, 3.8) is 0 Å². The van der Waals surface area contributed by atoms with Crippen LogP contribution in [0.5, 0.6) is 11.5 Å². The average molecular weight is 313 g/mol. The molecule has 0 radical (unpaired) electrons. The number of aromatic hydroxyl groups is 1. The van der Waals surface area contributed by atoms with Crippen LogP contribution in [0.3, 0.4) is 0 Å². The van der Waals surface area contributed by atoms with Gasteiger partial charge in [0.05, 0.1) is 13.7 Å². The van der Waals surface area contributed by atoms with Gasteiger partial charge in [-0.25, -0.2) is 0 Å². The van der Waals surface area contributed by atoms with Crippen molar-refractivity contribution in [1.82, 2.24) is 4.90 Å². The van der Waals surface area contributed by atoms with Gasteiger partial charge in [0.1, 0.15) is 11.5 Å². The number of fused-ring (bicyclic) bond motifs is 1. The van der Waals surface area contributed by atoms with Gasteiger partial charge in [0.25, 0.3) is 0 Å². The van der Waals surface area contributed by atoms with E-state index in [1.807, 2.05) is 18.2 Å². The third-order valence-corrected chi connectivity index (χ3v) is 4.33. The van der Waals surface area contributed by atoms with E-state index in [2.05, 4.69) is 23.1 Å². The first-order valence-electron chi connectivity index (χ1n) is 7.87. The van der Waals surface area contributed by atoms with Gasteiger partial charge in [0.2, 0.25) is 0 Å². The van der Waals surface area contributed by atoms with Gasteiger partial charge in [-0.1, -0.05) is 12.1 Å².